The molecule has 0 saturated carbocycles. The molecule has 0 aliphatic heterocycles. The minimum absolute atomic E-state index is 0.0477. The third-order valence-corrected chi connectivity index (χ3v) is 7.64. The molecule has 0 saturated heterocycles. The molecule has 0 fully saturated rings. The first kappa shape index (κ1) is 24.7. The maximum atomic E-state index is 6.21. The van der Waals surface area contributed by atoms with Gasteiger partial charge in [-0.15, -0.1) is 0 Å². The Bertz CT molecular complexity index is 722. The van der Waals surface area contributed by atoms with Crippen molar-refractivity contribution in [2.75, 3.05) is 34.5 Å². The summed E-state index contributed by atoms with van der Waals surface area (Å²) in [7, 11) is 5.13. The van der Waals surface area contributed by atoms with Crippen molar-refractivity contribution in [1.82, 2.24) is 0 Å². The van der Waals surface area contributed by atoms with Crippen LogP contribution < -0.4 is 13.9 Å². The van der Waals surface area contributed by atoms with E-state index in [-0.39, 0.29) is 32.8 Å². The second-order valence-electron chi connectivity index (χ2n) is 7.44. The second-order valence-corrected chi connectivity index (χ2v) is 9.51. The van der Waals surface area contributed by atoms with Gasteiger partial charge in [0.1, 0.15) is 0 Å². The van der Waals surface area contributed by atoms with E-state index < -0.39 is 0 Å². The van der Waals surface area contributed by atoms with Gasteiger partial charge in [0.2, 0.25) is 0 Å². The number of benzene rings is 2. The van der Waals surface area contributed by atoms with Crippen molar-refractivity contribution < 1.29 is 23.7 Å². The first-order valence-corrected chi connectivity index (χ1v) is 12.2. The molecule has 2 aromatic rings. The van der Waals surface area contributed by atoms with Crippen molar-refractivity contribution >= 4 is 19.4 Å². The van der Waals surface area contributed by atoms with E-state index in [0.717, 1.165) is 26.8 Å². The summed E-state index contributed by atoms with van der Waals surface area (Å²) in [5.41, 5.74) is 0.776. The van der Waals surface area contributed by atoms with Crippen LogP contribution in [0.15, 0.2) is 48.5 Å². The Morgan fingerprint density at radius 1 is 0.800 bits per heavy atom. The van der Waals surface area contributed by atoms with Crippen LogP contribution in [-0.4, -0.2) is 61.7 Å². The monoisotopic (exact) mass is 482 g/mol. The molecule has 6 heteroatoms. The predicted octanol–water partition coefficient (Wildman–Crippen LogP) is 3.82. The zero-order chi connectivity index (χ0) is 22.0. The third-order valence-electron chi connectivity index (χ3n) is 4.73. The summed E-state index contributed by atoms with van der Waals surface area (Å²) < 4.78 is 30.0. The molecule has 2 rings (SSSR count). The van der Waals surface area contributed by atoms with Crippen molar-refractivity contribution in [3.05, 3.63) is 54.1 Å². The zero-order valence-corrected chi connectivity index (χ0v) is 20.6. The van der Waals surface area contributed by atoms with Crippen molar-refractivity contribution in [3.63, 3.8) is 0 Å². The molecule has 2 aromatic carbocycles. The van der Waals surface area contributed by atoms with Gasteiger partial charge >= 0.3 is 187 Å². The molecular formula is C24H34O5Se. The van der Waals surface area contributed by atoms with Crippen LogP contribution in [0.1, 0.15) is 26.3 Å². The number of methoxy groups -OCH3 is 3. The molecule has 0 amide bonds. The van der Waals surface area contributed by atoms with E-state index in [1.54, 1.807) is 21.3 Å². The molecule has 0 N–H and O–H groups in total. The summed E-state index contributed by atoms with van der Waals surface area (Å²) >= 11 is 0.0477. The molecule has 30 heavy (non-hydrogen) atoms. The summed E-state index contributed by atoms with van der Waals surface area (Å²) in [4.78, 5) is 0. The van der Waals surface area contributed by atoms with E-state index in [4.69, 9.17) is 23.7 Å². The van der Waals surface area contributed by atoms with Gasteiger partial charge in [-0.3, -0.25) is 0 Å². The number of ether oxygens (including phenoxy) is 5. The molecule has 0 spiro atoms. The van der Waals surface area contributed by atoms with Gasteiger partial charge in [-0.1, -0.05) is 0 Å². The van der Waals surface area contributed by atoms with Gasteiger partial charge in [0.15, 0.2) is 0 Å². The maximum absolute atomic E-state index is 6.21. The van der Waals surface area contributed by atoms with Crippen molar-refractivity contribution in [2.24, 2.45) is 0 Å². The molecule has 166 valence electrons. The van der Waals surface area contributed by atoms with Crippen LogP contribution in [0.2, 0.25) is 5.32 Å². The van der Waals surface area contributed by atoms with Crippen LogP contribution in [0.4, 0.5) is 0 Å². The standard InChI is InChI=1S/C24H34O5Se/c1-18(15-25-4)28-21-13-10-14-22(29-19(2)16-26-5)23(21)30-17-24(3,27-6)20-11-8-7-9-12-20/h7-14,18-19H,15-17H2,1-6H3/t18-,19-,24?/m1/s1. The average molecular weight is 481 g/mol. The fourth-order valence-electron chi connectivity index (χ4n) is 3.06. The van der Waals surface area contributed by atoms with Crippen molar-refractivity contribution in [2.45, 2.75) is 43.9 Å². The van der Waals surface area contributed by atoms with E-state index in [9.17, 15) is 0 Å². The summed E-state index contributed by atoms with van der Waals surface area (Å²) in [6.07, 6.45) is -0.113. The van der Waals surface area contributed by atoms with E-state index in [2.05, 4.69) is 19.1 Å². The molecule has 5 nitrogen and oxygen atoms in total. The summed E-state index contributed by atoms with van der Waals surface area (Å²) in [6.45, 7) is 7.19. The van der Waals surface area contributed by atoms with E-state index in [1.165, 1.54) is 0 Å². The third kappa shape index (κ3) is 7.00. The van der Waals surface area contributed by atoms with Crippen molar-refractivity contribution in [1.29, 1.82) is 0 Å². The van der Waals surface area contributed by atoms with E-state index in [1.807, 2.05) is 50.2 Å². The average Bonchev–Trinajstić information content (AvgIpc) is 2.74. The number of hydrogen-bond donors (Lipinski definition) is 0. The molecule has 3 atom stereocenters. The molecule has 1 unspecified atom stereocenters. The van der Waals surface area contributed by atoms with Gasteiger partial charge in [-0.05, 0) is 0 Å². The molecule has 0 aromatic heterocycles. The topological polar surface area (TPSA) is 46.2 Å². The fraction of sp³-hybridized carbons (Fsp3) is 0.500. The zero-order valence-electron chi connectivity index (χ0n) is 18.8. The van der Waals surface area contributed by atoms with Gasteiger partial charge in [0.05, 0.1) is 0 Å². The van der Waals surface area contributed by atoms with Crippen LogP contribution in [0.25, 0.3) is 0 Å². The molecule has 0 bridgehead atoms. The number of rotatable bonds is 13. The quantitative estimate of drug-likeness (QED) is 0.407. The molecule has 0 aliphatic rings. The SMILES string of the molecule is COC[C@@H](C)Oc1cccc(O[C@H](C)COC)c1[Se]CC(C)(OC)c1ccccc1. The van der Waals surface area contributed by atoms with Crippen LogP contribution >= 0.6 is 0 Å². The van der Waals surface area contributed by atoms with Gasteiger partial charge in [-0.25, -0.2) is 0 Å². The Morgan fingerprint density at radius 2 is 1.33 bits per heavy atom. The Balaban J connectivity index is 2.31. The molecule has 0 radical (unpaired) electrons. The molecule has 0 aliphatic carbocycles. The minimum atomic E-state index is -0.387. The normalized spacial score (nSPS) is 15.3. The van der Waals surface area contributed by atoms with Gasteiger partial charge in [0.25, 0.3) is 0 Å². The Kier molecular flexibility index (Phi) is 10.2. The second kappa shape index (κ2) is 12.3. The summed E-state index contributed by atoms with van der Waals surface area (Å²) in [6, 6.07) is 16.3. The van der Waals surface area contributed by atoms with Crippen molar-refractivity contribution in [3.8, 4) is 11.5 Å². The Labute approximate surface area is 187 Å². The summed E-state index contributed by atoms with van der Waals surface area (Å²) in [5, 5.41) is 0.842. The van der Waals surface area contributed by atoms with Gasteiger partial charge in [-0.2, -0.15) is 0 Å². The summed E-state index contributed by atoms with van der Waals surface area (Å²) in [5.74, 6) is 1.68. The van der Waals surface area contributed by atoms with Gasteiger partial charge < -0.3 is 0 Å². The van der Waals surface area contributed by atoms with Crippen LogP contribution in [0, 0.1) is 0 Å². The first-order valence-electron chi connectivity index (χ1n) is 10.1. The predicted molar refractivity (Wildman–Crippen MR) is 121 cm³/mol. The Morgan fingerprint density at radius 3 is 1.80 bits per heavy atom. The fourth-order valence-corrected chi connectivity index (χ4v) is 5.62. The Hall–Kier alpha value is -1.56. The number of hydrogen-bond acceptors (Lipinski definition) is 5. The van der Waals surface area contributed by atoms with Crippen LogP contribution in [0.3, 0.4) is 0 Å². The van der Waals surface area contributed by atoms with Crippen LogP contribution in [-0.2, 0) is 19.8 Å². The van der Waals surface area contributed by atoms with Gasteiger partial charge in [0, 0.05) is 0 Å². The molecule has 0 heterocycles. The first-order chi connectivity index (χ1) is 14.4. The van der Waals surface area contributed by atoms with E-state index >= 15 is 0 Å². The molecular weight excluding hydrogens is 447 g/mol. The van der Waals surface area contributed by atoms with Crippen LogP contribution in [0.5, 0.6) is 11.5 Å². The van der Waals surface area contributed by atoms with E-state index in [0.29, 0.717) is 13.2 Å².